The van der Waals surface area contributed by atoms with E-state index >= 15 is 0 Å². The number of carbonyl (C=O) groups is 1. The van der Waals surface area contributed by atoms with Crippen molar-refractivity contribution in [2.45, 2.75) is 23.4 Å². The highest BCUT2D eigenvalue weighted by molar-refractivity contribution is 8.00. The molecule has 1 amide bonds. The fourth-order valence-corrected chi connectivity index (χ4v) is 4.22. The summed E-state index contributed by atoms with van der Waals surface area (Å²) in [6.45, 7) is 1.82. The molecule has 0 radical (unpaired) electrons. The van der Waals surface area contributed by atoms with Crippen molar-refractivity contribution < 1.29 is 9.72 Å². The molecule has 4 rings (SSSR count). The van der Waals surface area contributed by atoms with E-state index in [1.807, 2.05) is 67.6 Å². The molecule has 33 heavy (non-hydrogen) atoms. The molecule has 0 bridgehead atoms. The number of hydrogen-bond donors (Lipinski definition) is 2. The Morgan fingerprint density at radius 1 is 1.00 bits per heavy atom. The maximum Gasteiger partial charge on any atom is 0.270 e. The number of carbonyl (C=O) groups excluding carboxylic acids is 1. The van der Waals surface area contributed by atoms with Gasteiger partial charge < -0.3 is 10.3 Å². The number of H-pyrrole nitrogens is 1. The van der Waals surface area contributed by atoms with Crippen molar-refractivity contribution >= 4 is 23.4 Å². The van der Waals surface area contributed by atoms with Gasteiger partial charge in [0.2, 0.25) is 5.91 Å². The first-order chi connectivity index (χ1) is 16.0. The molecule has 2 N–H and O–H groups in total. The smallest absolute Gasteiger partial charge is 0.270 e. The maximum absolute atomic E-state index is 13.1. The summed E-state index contributed by atoms with van der Waals surface area (Å²) in [6, 6.07) is 25.7. The van der Waals surface area contributed by atoms with Gasteiger partial charge in [-0.05, 0) is 18.1 Å². The van der Waals surface area contributed by atoms with Crippen LogP contribution in [0.1, 0.15) is 24.1 Å². The normalized spacial score (nSPS) is 11.8. The topological polar surface area (TPSA) is 101 Å². The fraction of sp³-hybridized carbons (Fsp3) is 0.120. The number of thioether (sulfide) groups is 1. The van der Waals surface area contributed by atoms with Crippen LogP contribution in [0.2, 0.25) is 0 Å². The molecule has 0 saturated carbocycles. The number of benzene rings is 3. The van der Waals surface area contributed by atoms with Crippen LogP contribution in [0.5, 0.6) is 0 Å². The first-order valence-electron chi connectivity index (χ1n) is 10.4. The van der Waals surface area contributed by atoms with E-state index in [0.29, 0.717) is 16.4 Å². The highest BCUT2D eigenvalue weighted by Crippen LogP contribution is 2.28. The number of non-ortho nitro benzene ring substituents is 1. The number of nitrogens with zero attached hydrogens (tertiary/aromatic N) is 2. The van der Waals surface area contributed by atoms with Crippen molar-refractivity contribution in [3.63, 3.8) is 0 Å². The first kappa shape index (κ1) is 22.3. The number of nitrogens with one attached hydrogen (secondary N) is 2. The lowest BCUT2D eigenvalue weighted by Gasteiger charge is -2.21. The number of aromatic nitrogens is 2. The molecule has 1 unspecified atom stereocenters. The molecule has 0 aliphatic rings. The van der Waals surface area contributed by atoms with Gasteiger partial charge in [0, 0.05) is 17.7 Å². The molecule has 1 atom stereocenters. The minimum atomic E-state index is -0.433. The second-order valence-corrected chi connectivity index (χ2v) is 8.76. The summed E-state index contributed by atoms with van der Waals surface area (Å²) in [7, 11) is 0. The standard InChI is InChI=1S/C25H22N4O3S/c1-17(33-25-26-16-22(27-25)20-13-8-14-21(15-20)29(31)32)24(30)28-23(18-9-4-2-5-10-18)19-11-6-3-7-12-19/h2-17,23H,1H3,(H,26,27)(H,28,30). The summed E-state index contributed by atoms with van der Waals surface area (Å²) in [5.74, 6) is -0.119. The van der Waals surface area contributed by atoms with E-state index in [0.717, 1.165) is 11.1 Å². The highest BCUT2D eigenvalue weighted by Gasteiger charge is 2.22. The Labute approximate surface area is 195 Å². The third-order valence-electron chi connectivity index (χ3n) is 5.13. The quantitative estimate of drug-likeness (QED) is 0.210. The molecule has 1 aromatic heterocycles. The molecule has 0 aliphatic heterocycles. The third kappa shape index (κ3) is 5.48. The average Bonchev–Trinajstić information content (AvgIpc) is 3.32. The molecule has 1 heterocycles. The number of nitro benzene ring substituents is 1. The Hall–Kier alpha value is -3.91. The molecule has 0 aliphatic carbocycles. The van der Waals surface area contributed by atoms with E-state index in [9.17, 15) is 14.9 Å². The Balaban J connectivity index is 1.47. The van der Waals surface area contributed by atoms with E-state index in [1.54, 1.807) is 18.3 Å². The van der Waals surface area contributed by atoms with Gasteiger partial charge in [0.25, 0.3) is 5.69 Å². The average molecular weight is 459 g/mol. The number of imidazole rings is 1. The van der Waals surface area contributed by atoms with Crippen LogP contribution in [0.4, 0.5) is 5.69 Å². The Kier molecular flexibility index (Phi) is 6.85. The van der Waals surface area contributed by atoms with Gasteiger partial charge in [-0.15, -0.1) is 0 Å². The first-order valence-corrected chi connectivity index (χ1v) is 11.3. The van der Waals surface area contributed by atoms with E-state index in [1.165, 1.54) is 23.9 Å². The summed E-state index contributed by atoms with van der Waals surface area (Å²) in [5, 5.41) is 14.3. The number of nitro groups is 1. The van der Waals surface area contributed by atoms with Crippen molar-refractivity contribution in [2.75, 3.05) is 0 Å². The monoisotopic (exact) mass is 458 g/mol. The predicted molar refractivity (Wildman–Crippen MR) is 129 cm³/mol. The van der Waals surface area contributed by atoms with Gasteiger partial charge in [-0.25, -0.2) is 4.98 Å². The van der Waals surface area contributed by atoms with E-state index < -0.39 is 10.2 Å². The Morgan fingerprint density at radius 2 is 1.64 bits per heavy atom. The highest BCUT2D eigenvalue weighted by atomic mass is 32.2. The minimum absolute atomic E-state index is 0.0110. The number of amides is 1. The Bertz CT molecular complexity index is 1210. The van der Waals surface area contributed by atoms with Crippen molar-refractivity contribution in [3.8, 4) is 11.3 Å². The van der Waals surface area contributed by atoms with Crippen LogP contribution in [0.3, 0.4) is 0 Å². The molecule has 8 heteroatoms. The van der Waals surface area contributed by atoms with Gasteiger partial charge in [-0.3, -0.25) is 14.9 Å². The summed E-state index contributed by atoms with van der Waals surface area (Å²) in [4.78, 5) is 31.1. The van der Waals surface area contributed by atoms with Crippen molar-refractivity contribution in [3.05, 3.63) is 112 Å². The number of hydrogen-bond acceptors (Lipinski definition) is 5. The summed E-state index contributed by atoms with van der Waals surface area (Å²) < 4.78 is 0. The van der Waals surface area contributed by atoms with Gasteiger partial charge in [0.05, 0.1) is 28.1 Å². The fourth-order valence-electron chi connectivity index (χ4n) is 3.43. The molecule has 3 aromatic carbocycles. The van der Waals surface area contributed by atoms with Crippen molar-refractivity contribution in [1.29, 1.82) is 0 Å². The Morgan fingerprint density at radius 3 is 2.24 bits per heavy atom. The second kappa shape index (κ2) is 10.1. The lowest BCUT2D eigenvalue weighted by Crippen LogP contribution is -2.35. The van der Waals surface area contributed by atoms with Gasteiger partial charge in [-0.1, -0.05) is 84.6 Å². The van der Waals surface area contributed by atoms with E-state index in [-0.39, 0.29) is 17.6 Å². The van der Waals surface area contributed by atoms with Crippen LogP contribution in [0, 0.1) is 10.1 Å². The van der Waals surface area contributed by atoms with E-state index in [2.05, 4.69) is 15.3 Å². The van der Waals surface area contributed by atoms with Crippen molar-refractivity contribution in [2.24, 2.45) is 0 Å². The van der Waals surface area contributed by atoms with Crippen LogP contribution in [-0.2, 0) is 4.79 Å². The van der Waals surface area contributed by atoms with Crippen LogP contribution >= 0.6 is 11.8 Å². The third-order valence-corrected chi connectivity index (χ3v) is 6.13. The molecule has 0 spiro atoms. The largest absolute Gasteiger partial charge is 0.344 e. The van der Waals surface area contributed by atoms with Gasteiger partial charge in [0.1, 0.15) is 0 Å². The van der Waals surface area contributed by atoms with Crippen LogP contribution in [0.25, 0.3) is 11.3 Å². The van der Waals surface area contributed by atoms with Crippen LogP contribution in [0.15, 0.2) is 96.3 Å². The molecule has 7 nitrogen and oxygen atoms in total. The van der Waals surface area contributed by atoms with Crippen LogP contribution in [-0.4, -0.2) is 26.0 Å². The molecule has 0 saturated heterocycles. The molecule has 0 fully saturated rings. The predicted octanol–water partition coefficient (Wildman–Crippen LogP) is 5.37. The lowest BCUT2D eigenvalue weighted by atomic mass is 9.98. The number of aromatic amines is 1. The van der Waals surface area contributed by atoms with Gasteiger partial charge >= 0.3 is 0 Å². The van der Waals surface area contributed by atoms with Crippen LogP contribution < -0.4 is 5.32 Å². The van der Waals surface area contributed by atoms with E-state index in [4.69, 9.17) is 0 Å². The minimum Gasteiger partial charge on any atom is -0.344 e. The SMILES string of the molecule is CC(Sc1ncc(-c2cccc([N+](=O)[O-])c2)[nH]1)C(=O)NC(c1ccccc1)c1ccccc1. The van der Waals surface area contributed by atoms with Gasteiger partial charge in [-0.2, -0.15) is 0 Å². The molecule has 4 aromatic rings. The summed E-state index contributed by atoms with van der Waals surface area (Å²) >= 11 is 1.30. The summed E-state index contributed by atoms with van der Waals surface area (Å²) in [6.07, 6.45) is 1.61. The second-order valence-electron chi connectivity index (χ2n) is 7.43. The molecular formula is C25H22N4O3S. The zero-order valence-electron chi connectivity index (χ0n) is 17.8. The van der Waals surface area contributed by atoms with Crippen molar-refractivity contribution in [1.82, 2.24) is 15.3 Å². The lowest BCUT2D eigenvalue weighted by molar-refractivity contribution is -0.384. The number of rotatable bonds is 8. The maximum atomic E-state index is 13.1. The molecule has 166 valence electrons. The molecular weight excluding hydrogens is 436 g/mol. The zero-order valence-corrected chi connectivity index (χ0v) is 18.7. The summed E-state index contributed by atoms with van der Waals surface area (Å²) in [5.41, 5.74) is 3.33. The zero-order chi connectivity index (χ0) is 23.2. The van der Waals surface area contributed by atoms with Gasteiger partial charge in [0.15, 0.2) is 5.16 Å².